The molecular weight excluding hydrogens is 222 g/mol. The Morgan fingerprint density at radius 2 is 2.06 bits per heavy atom. The molecule has 0 spiro atoms. The molecule has 0 aliphatic carbocycles. The third kappa shape index (κ3) is 8.11. The molecular formula is C11H19N3O3. The van der Waals surface area contributed by atoms with Gasteiger partial charge in [0.1, 0.15) is 6.54 Å². The van der Waals surface area contributed by atoms with Crippen LogP contribution in [-0.2, 0) is 4.79 Å². The minimum atomic E-state index is -1.08. The van der Waals surface area contributed by atoms with Gasteiger partial charge in [-0.1, -0.05) is 5.92 Å². The summed E-state index contributed by atoms with van der Waals surface area (Å²) in [7, 11) is 3.88. The molecule has 0 fully saturated rings. The molecule has 0 aromatic carbocycles. The third-order valence-electron chi connectivity index (χ3n) is 1.95. The van der Waals surface area contributed by atoms with E-state index in [1.165, 1.54) is 0 Å². The van der Waals surface area contributed by atoms with Gasteiger partial charge in [-0.3, -0.25) is 4.79 Å². The molecule has 0 rings (SSSR count). The Hall–Kier alpha value is -1.74. The van der Waals surface area contributed by atoms with Gasteiger partial charge in [-0.2, -0.15) is 0 Å². The average Bonchev–Trinajstić information content (AvgIpc) is 2.22. The van der Waals surface area contributed by atoms with Crippen LogP contribution < -0.4 is 5.32 Å². The van der Waals surface area contributed by atoms with Gasteiger partial charge >= 0.3 is 12.0 Å². The van der Waals surface area contributed by atoms with Crippen molar-refractivity contribution in [3.63, 3.8) is 0 Å². The number of nitrogens with one attached hydrogen (secondary N) is 1. The fourth-order valence-corrected chi connectivity index (χ4v) is 1.18. The summed E-state index contributed by atoms with van der Waals surface area (Å²) in [6.07, 6.45) is 5.87. The van der Waals surface area contributed by atoms with Crippen LogP contribution in [0.25, 0.3) is 0 Å². The minimum absolute atomic E-state index is 0.00812. The summed E-state index contributed by atoms with van der Waals surface area (Å²) in [6.45, 7) is 0.960. The van der Waals surface area contributed by atoms with Crippen molar-refractivity contribution >= 4 is 12.0 Å². The molecule has 0 aliphatic rings. The molecule has 2 amide bonds. The molecule has 0 heterocycles. The van der Waals surface area contributed by atoms with E-state index < -0.39 is 12.0 Å². The number of nitrogens with zero attached hydrogens (tertiary/aromatic N) is 2. The normalized spacial score (nSPS) is 9.76. The fraction of sp³-hybridized carbons (Fsp3) is 0.636. The van der Waals surface area contributed by atoms with Crippen LogP contribution in [-0.4, -0.2) is 67.2 Å². The number of aliphatic carboxylic acids is 1. The van der Waals surface area contributed by atoms with Gasteiger partial charge in [-0.25, -0.2) is 4.79 Å². The first-order chi connectivity index (χ1) is 7.97. The van der Waals surface area contributed by atoms with Crippen molar-refractivity contribution in [1.29, 1.82) is 0 Å². The van der Waals surface area contributed by atoms with E-state index in [1.54, 1.807) is 0 Å². The molecule has 2 N–H and O–H groups in total. The number of carboxylic acids is 1. The fourth-order valence-electron chi connectivity index (χ4n) is 1.18. The van der Waals surface area contributed by atoms with Gasteiger partial charge in [-0.05, 0) is 27.1 Å². The predicted octanol–water partition coefficient (Wildman–Crippen LogP) is -0.332. The van der Waals surface area contributed by atoms with Crippen LogP contribution in [0.3, 0.4) is 0 Å². The molecule has 0 aromatic rings. The molecule has 0 saturated heterocycles. The molecule has 96 valence electrons. The van der Waals surface area contributed by atoms with E-state index in [4.69, 9.17) is 11.5 Å². The first kappa shape index (κ1) is 15.3. The highest BCUT2D eigenvalue weighted by atomic mass is 16.4. The summed E-state index contributed by atoms with van der Waals surface area (Å²) < 4.78 is 0. The second kappa shape index (κ2) is 8.42. The van der Waals surface area contributed by atoms with Crippen molar-refractivity contribution < 1.29 is 14.7 Å². The van der Waals surface area contributed by atoms with Gasteiger partial charge in [0.2, 0.25) is 0 Å². The highest BCUT2D eigenvalue weighted by Crippen LogP contribution is 1.90. The van der Waals surface area contributed by atoms with Crippen molar-refractivity contribution in [2.75, 3.05) is 40.3 Å². The van der Waals surface area contributed by atoms with Gasteiger partial charge in [0.05, 0.1) is 6.54 Å². The van der Waals surface area contributed by atoms with Crippen molar-refractivity contribution in [3.05, 3.63) is 0 Å². The van der Waals surface area contributed by atoms with Crippen molar-refractivity contribution in [2.24, 2.45) is 0 Å². The van der Waals surface area contributed by atoms with E-state index >= 15 is 0 Å². The minimum Gasteiger partial charge on any atom is -0.480 e. The van der Waals surface area contributed by atoms with Gasteiger partial charge in [0.15, 0.2) is 0 Å². The third-order valence-corrected chi connectivity index (χ3v) is 1.95. The Bertz CT molecular complexity index is 297. The summed E-state index contributed by atoms with van der Waals surface area (Å²) in [6, 6.07) is -0.441. The Morgan fingerprint density at radius 1 is 1.41 bits per heavy atom. The molecule has 0 unspecified atom stereocenters. The lowest BCUT2D eigenvalue weighted by molar-refractivity contribution is -0.137. The molecule has 17 heavy (non-hydrogen) atoms. The number of hydrogen-bond donors (Lipinski definition) is 2. The Balaban J connectivity index is 3.98. The molecule has 6 heteroatoms. The maximum absolute atomic E-state index is 11.6. The molecule has 0 atom stereocenters. The first-order valence-electron chi connectivity index (χ1n) is 5.30. The Morgan fingerprint density at radius 3 is 2.53 bits per heavy atom. The van der Waals surface area contributed by atoms with Gasteiger partial charge in [-0.15, -0.1) is 6.42 Å². The van der Waals surface area contributed by atoms with Crippen molar-refractivity contribution in [2.45, 2.75) is 6.42 Å². The van der Waals surface area contributed by atoms with Crippen LogP contribution >= 0.6 is 0 Å². The topological polar surface area (TPSA) is 72.9 Å². The van der Waals surface area contributed by atoms with E-state index in [0.717, 1.165) is 17.9 Å². The SMILES string of the molecule is C#CCN(CC(=O)O)C(=O)NCCCN(C)C. The van der Waals surface area contributed by atoms with Crippen molar-refractivity contribution in [1.82, 2.24) is 15.1 Å². The number of carboxylic acid groups (broad SMARTS) is 1. The number of carbonyl (C=O) groups excluding carboxylic acids is 1. The molecule has 0 radical (unpaired) electrons. The van der Waals surface area contributed by atoms with E-state index in [-0.39, 0.29) is 13.1 Å². The summed E-state index contributed by atoms with van der Waals surface area (Å²) in [5, 5.41) is 11.2. The average molecular weight is 241 g/mol. The Kier molecular flexibility index (Phi) is 7.55. The molecule has 0 aliphatic heterocycles. The molecule has 6 nitrogen and oxygen atoms in total. The Labute approximate surface area is 102 Å². The second-order valence-corrected chi connectivity index (χ2v) is 3.84. The number of terminal acetylenes is 1. The number of urea groups is 1. The lowest BCUT2D eigenvalue weighted by atomic mass is 10.4. The van der Waals surface area contributed by atoms with E-state index in [9.17, 15) is 9.59 Å². The first-order valence-corrected chi connectivity index (χ1v) is 5.30. The monoisotopic (exact) mass is 241 g/mol. The van der Waals surface area contributed by atoms with E-state index in [1.807, 2.05) is 19.0 Å². The van der Waals surface area contributed by atoms with Crippen LogP contribution in [0.1, 0.15) is 6.42 Å². The van der Waals surface area contributed by atoms with Crippen molar-refractivity contribution in [3.8, 4) is 12.3 Å². The van der Waals surface area contributed by atoms with Gasteiger partial charge in [0, 0.05) is 6.54 Å². The maximum Gasteiger partial charge on any atom is 0.323 e. The van der Waals surface area contributed by atoms with E-state index in [0.29, 0.717) is 6.54 Å². The van der Waals surface area contributed by atoms with Crippen LogP contribution in [0.2, 0.25) is 0 Å². The van der Waals surface area contributed by atoms with Crippen LogP contribution in [0.4, 0.5) is 4.79 Å². The standard InChI is InChI=1S/C11H19N3O3/c1-4-7-14(9-10(15)16)11(17)12-6-5-8-13(2)3/h1H,5-9H2,2-3H3,(H,12,17)(H,15,16). The summed E-state index contributed by atoms with van der Waals surface area (Å²) in [5.41, 5.74) is 0. The highest BCUT2D eigenvalue weighted by molar-refractivity contribution is 5.80. The summed E-state index contributed by atoms with van der Waals surface area (Å²) in [4.78, 5) is 25.2. The van der Waals surface area contributed by atoms with Crippen LogP contribution in [0.5, 0.6) is 0 Å². The largest absolute Gasteiger partial charge is 0.480 e. The highest BCUT2D eigenvalue weighted by Gasteiger charge is 2.14. The molecule has 0 bridgehead atoms. The van der Waals surface area contributed by atoms with Gasteiger partial charge in [0.25, 0.3) is 0 Å². The van der Waals surface area contributed by atoms with Crippen LogP contribution in [0.15, 0.2) is 0 Å². The zero-order valence-corrected chi connectivity index (χ0v) is 10.3. The van der Waals surface area contributed by atoms with E-state index in [2.05, 4.69) is 11.2 Å². The maximum atomic E-state index is 11.6. The summed E-state index contributed by atoms with van der Waals surface area (Å²) in [5.74, 6) is 1.18. The number of carbonyl (C=O) groups is 2. The quantitative estimate of drug-likeness (QED) is 0.473. The van der Waals surface area contributed by atoms with Crippen LogP contribution in [0, 0.1) is 12.3 Å². The number of amides is 2. The molecule has 0 aromatic heterocycles. The lowest BCUT2D eigenvalue weighted by Gasteiger charge is -2.18. The zero-order valence-electron chi connectivity index (χ0n) is 10.3. The van der Waals surface area contributed by atoms with Gasteiger partial charge < -0.3 is 20.2 Å². The summed E-state index contributed by atoms with van der Waals surface area (Å²) >= 11 is 0. The number of hydrogen-bond acceptors (Lipinski definition) is 3. The molecule has 0 saturated carbocycles. The zero-order chi connectivity index (χ0) is 13.3. The lowest BCUT2D eigenvalue weighted by Crippen LogP contribution is -2.43. The predicted molar refractivity (Wildman–Crippen MR) is 64.6 cm³/mol. The number of rotatable bonds is 7. The second-order valence-electron chi connectivity index (χ2n) is 3.84. The smallest absolute Gasteiger partial charge is 0.323 e.